The molecule has 0 aliphatic heterocycles. The van der Waals surface area contributed by atoms with E-state index in [1.54, 1.807) is 6.20 Å². The van der Waals surface area contributed by atoms with Gasteiger partial charge in [0, 0.05) is 19.3 Å². The van der Waals surface area contributed by atoms with Crippen molar-refractivity contribution in [3.8, 4) is 0 Å². The van der Waals surface area contributed by atoms with Crippen LogP contribution in [0.2, 0.25) is 0 Å². The van der Waals surface area contributed by atoms with Crippen LogP contribution in [0.5, 0.6) is 0 Å². The van der Waals surface area contributed by atoms with Crippen LogP contribution in [0.3, 0.4) is 0 Å². The molecule has 2 rings (SSSR count). The minimum absolute atomic E-state index is 0.513. The van der Waals surface area contributed by atoms with Crippen molar-refractivity contribution in [3.63, 3.8) is 0 Å². The van der Waals surface area contributed by atoms with Crippen LogP contribution < -0.4 is 11.1 Å². The first-order valence-corrected chi connectivity index (χ1v) is 6.29. The quantitative estimate of drug-likeness (QED) is 0.610. The highest BCUT2D eigenvalue weighted by Gasteiger charge is 2.13. The molecule has 1 heterocycles. The van der Waals surface area contributed by atoms with Gasteiger partial charge in [0.05, 0.1) is 12.2 Å². The SMILES string of the molecule is Cn1nccc1CN=C(N)NC1CCCCC1. The van der Waals surface area contributed by atoms with Crippen LogP contribution in [0, 0.1) is 0 Å². The third kappa shape index (κ3) is 3.47. The second kappa shape index (κ2) is 5.70. The summed E-state index contributed by atoms with van der Waals surface area (Å²) >= 11 is 0. The molecule has 1 fully saturated rings. The fraction of sp³-hybridized carbons (Fsp3) is 0.667. The Kier molecular flexibility index (Phi) is 4.01. The van der Waals surface area contributed by atoms with Crippen molar-refractivity contribution in [1.82, 2.24) is 15.1 Å². The zero-order valence-corrected chi connectivity index (χ0v) is 10.4. The van der Waals surface area contributed by atoms with Crippen molar-refractivity contribution < 1.29 is 0 Å². The summed E-state index contributed by atoms with van der Waals surface area (Å²) in [4.78, 5) is 4.34. The van der Waals surface area contributed by atoms with Gasteiger partial charge in [0.15, 0.2) is 5.96 Å². The maximum absolute atomic E-state index is 5.88. The average molecular weight is 235 g/mol. The van der Waals surface area contributed by atoms with Gasteiger partial charge >= 0.3 is 0 Å². The summed E-state index contributed by atoms with van der Waals surface area (Å²) in [6.45, 7) is 0.585. The van der Waals surface area contributed by atoms with Crippen molar-refractivity contribution in [3.05, 3.63) is 18.0 Å². The highest BCUT2D eigenvalue weighted by Crippen LogP contribution is 2.17. The monoisotopic (exact) mass is 235 g/mol. The van der Waals surface area contributed by atoms with Crippen molar-refractivity contribution in [2.45, 2.75) is 44.7 Å². The first kappa shape index (κ1) is 12.0. The third-order valence-corrected chi connectivity index (χ3v) is 3.29. The summed E-state index contributed by atoms with van der Waals surface area (Å²) in [5.41, 5.74) is 6.95. The summed E-state index contributed by atoms with van der Waals surface area (Å²) in [6.07, 6.45) is 8.14. The lowest BCUT2D eigenvalue weighted by atomic mass is 9.96. The van der Waals surface area contributed by atoms with Gasteiger partial charge in [-0.3, -0.25) is 4.68 Å². The molecule has 1 aromatic rings. The van der Waals surface area contributed by atoms with Gasteiger partial charge < -0.3 is 11.1 Å². The van der Waals surface area contributed by atoms with Crippen molar-refractivity contribution in [1.29, 1.82) is 0 Å². The molecule has 1 saturated carbocycles. The molecule has 1 aliphatic rings. The van der Waals surface area contributed by atoms with E-state index in [2.05, 4.69) is 15.4 Å². The van der Waals surface area contributed by atoms with Crippen LogP contribution in [0.4, 0.5) is 0 Å². The summed E-state index contributed by atoms with van der Waals surface area (Å²) in [5.74, 6) is 0.554. The topological polar surface area (TPSA) is 68.2 Å². The van der Waals surface area contributed by atoms with Crippen molar-refractivity contribution in [2.24, 2.45) is 17.8 Å². The molecule has 1 aromatic heterocycles. The lowest BCUT2D eigenvalue weighted by Crippen LogP contribution is -2.41. The van der Waals surface area contributed by atoms with Crippen LogP contribution in [-0.2, 0) is 13.6 Å². The van der Waals surface area contributed by atoms with Crippen molar-refractivity contribution in [2.75, 3.05) is 0 Å². The average Bonchev–Trinajstić information content (AvgIpc) is 2.74. The molecule has 0 amide bonds. The molecule has 0 bridgehead atoms. The minimum atomic E-state index is 0.513. The molecule has 3 N–H and O–H groups in total. The van der Waals surface area contributed by atoms with E-state index in [9.17, 15) is 0 Å². The largest absolute Gasteiger partial charge is 0.370 e. The highest BCUT2D eigenvalue weighted by molar-refractivity contribution is 5.78. The zero-order chi connectivity index (χ0) is 12.1. The standard InChI is InChI=1S/C12H21N5/c1-17-11(7-8-15-17)9-14-12(13)16-10-5-3-2-4-6-10/h7-8,10H,2-6,9H2,1H3,(H3,13,14,16). The molecular formula is C12H21N5. The summed E-state index contributed by atoms with van der Waals surface area (Å²) in [7, 11) is 1.91. The number of nitrogens with zero attached hydrogens (tertiary/aromatic N) is 3. The molecule has 5 heteroatoms. The van der Waals surface area contributed by atoms with Crippen LogP contribution in [0.25, 0.3) is 0 Å². The highest BCUT2D eigenvalue weighted by atomic mass is 15.3. The number of aliphatic imine (C=N–C) groups is 1. The molecule has 0 spiro atoms. The van der Waals surface area contributed by atoms with E-state index in [4.69, 9.17) is 5.73 Å². The van der Waals surface area contributed by atoms with E-state index in [1.165, 1.54) is 32.1 Å². The Morgan fingerprint density at radius 2 is 2.29 bits per heavy atom. The van der Waals surface area contributed by atoms with Gasteiger partial charge in [0.1, 0.15) is 0 Å². The van der Waals surface area contributed by atoms with E-state index >= 15 is 0 Å². The third-order valence-electron chi connectivity index (χ3n) is 3.29. The Morgan fingerprint density at radius 3 is 2.94 bits per heavy atom. The molecule has 0 atom stereocenters. The Morgan fingerprint density at radius 1 is 1.53 bits per heavy atom. The number of rotatable bonds is 3. The van der Waals surface area contributed by atoms with Gasteiger partial charge in [-0.25, -0.2) is 4.99 Å². The number of hydrogen-bond acceptors (Lipinski definition) is 2. The fourth-order valence-electron chi connectivity index (χ4n) is 2.22. The predicted octanol–water partition coefficient (Wildman–Crippen LogP) is 1.16. The molecule has 0 radical (unpaired) electrons. The Hall–Kier alpha value is -1.52. The van der Waals surface area contributed by atoms with Gasteiger partial charge in [-0.2, -0.15) is 5.10 Å². The number of hydrogen-bond donors (Lipinski definition) is 2. The van der Waals surface area contributed by atoms with Crippen LogP contribution in [0.1, 0.15) is 37.8 Å². The summed E-state index contributed by atoms with van der Waals surface area (Å²) in [5, 5.41) is 7.40. The number of nitrogens with one attached hydrogen (secondary N) is 1. The number of nitrogens with two attached hydrogens (primary N) is 1. The van der Waals surface area contributed by atoms with Gasteiger partial charge in [0.2, 0.25) is 0 Å². The van der Waals surface area contributed by atoms with Crippen LogP contribution in [-0.4, -0.2) is 21.8 Å². The molecule has 17 heavy (non-hydrogen) atoms. The second-order valence-electron chi connectivity index (χ2n) is 4.63. The number of aromatic nitrogens is 2. The Labute approximate surface area is 102 Å². The Bertz CT molecular complexity index is 376. The first-order valence-electron chi connectivity index (χ1n) is 6.29. The van der Waals surface area contributed by atoms with E-state index in [0.29, 0.717) is 18.5 Å². The molecular weight excluding hydrogens is 214 g/mol. The van der Waals surface area contributed by atoms with Gasteiger partial charge in [-0.1, -0.05) is 19.3 Å². The molecule has 0 saturated heterocycles. The van der Waals surface area contributed by atoms with Gasteiger partial charge in [-0.05, 0) is 18.9 Å². The smallest absolute Gasteiger partial charge is 0.189 e. The maximum Gasteiger partial charge on any atom is 0.189 e. The second-order valence-corrected chi connectivity index (χ2v) is 4.63. The van der Waals surface area contributed by atoms with Crippen LogP contribution >= 0.6 is 0 Å². The Balaban J connectivity index is 1.82. The lowest BCUT2D eigenvalue weighted by molar-refractivity contribution is 0.412. The van der Waals surface area contributed by atoms with Crippen molar-refractivity contribution >= 4 is 5.96 Å². The summed E-state index contributed by atoms with van der Waals surface area (Å²) in [6, 6.07) is 2.47. The van der Waals surface area contributed by atoms with Gasteiger partial charge in [-0.15, -0.1) is 0 Å². The maximum atomic E-state index is 5.88. The molecule has 94 valence electrons. The number of guanidine groups is 1. The minimum Gasteiger partial charge on any atom is -0.370 e. The lowest BCUT2D eigenvalue weighted by Gasteiger charge is -2.23. The zero-order valence-electron chi connectivity index (χ0n) is 10.4. The van der Waals surface area contributed by atoms with E-state index in [-0.39, 0.29) is 0 Å². The van der Waals surface area contributed by atoms with Gasteiger partial charge in [0.25, 0.3) is 0 Å². The molecule has 5 nitrogen and oxygen atoms in total. The summed E-state index contributed by atoms with van der Waals surface area (Å²) < 4.78 is 1.82. The molecule has 0 aromatic carbocycles. The predicted molar refractivity (Wildman–Crippen MR) is 68.5 cm³/mol. The van der Waals surface area contributed by atoms with Crippen LogP contribution in [0.15, 0.2) is 17.3 Å². The van der Waals surface area contributed by atoms with E-state index in [0.717, 1.165) is 5.69 Å². The van der Waals surface area contributed by atoms with E-state index < -0.39 is 0 Å². The molecule has 0 unspecified atom stereocenters. The van der Waals surface area contributed by atoms with E-state index in [1.807, 2.05) is 17.8 Å². The first-order chi connectivity index (χ1) is 8.25. The normalized spacial score (nSPS) is 18.3. The fourth-order valence-corrected chi connectivity index (χ4v) is 2.22. The number of aryl methyl sites for hydroxylation is 1. The molecule has 1 aliphatic carbocycles.